The van der Waals surface area contributed by atoms with Gasteiger partial charge in [-0.3, -0.25) is 0 Å². The monoisotopic (exact) mass is 229 g/mol. The number of carbonyl (C=O) groups is 1. The molecule has 0 aromatic rings. The van der Waals surface area contributed by atoms with Crippen molar-refractivity contribution >= 4 is 5.97 Å². The van der Waals surface area contributed by atoms with Gasteiger partial charge in [0.25, 0.3) is 0 Å². The van der Waals surface area contributed by atoms with Crippen LogP contribution in [0.25, 0.3) is 0 Å². The Morgan fingerprint density at radius 1 is 1.44 bits per heavy atom. The summed E-state index contributed by atoms with van der Waals surface area (Å²) in [5.74, 6) is -0.399. The van der Waals surface area contributed by atoms with Crippen molar-refractivity contribution in [3.63, 3.8) is 0 Å². The second-order valence-electron chi connectivity index (χ2n) is 4.33. The lowest BCUT2D eigenvalue weighted by Gasteiger charge is -2.13. The molecule has 0 heterocycles. The van der Waals surface area contributed by atoms with E-state index in [4.69, 9.17) is 5.11 Å². The van der Waals surface area contributed by atoms with Crippen LogP contribution in [0.15, 0.2) is 11.6 Å². The van der Waals surface area contributed by atoms with Crippen molar-refractivity contribution in [3.8, 4) is 0 Å². The third kappa shape index (κ3) is 7.43. The highest BCUT2D eigenvalue weighted by molar-refractivity contribution is 5.86. The average molecular weight is 229 g/mol. The van der Waals surface area contributed by atoms with E-state index in [0.29, 0.717) is 31.0 Å². The molecule has 0 fully saturated rings. The van der Waals surface area contributed by atoms with Gasteiger partial charge in [-0.2, -0.15) is 0 Å². The Morgan fingerprint density at radius 3 is 2.50 bits per heavy atom. The van der Waals surface area contributed by atoms with Gasteiger partial charge in [-0.15, -0.1) is 0 Å². The van der Waals surface area contributed by atoms with Crippen molar-refractivity contribution in [2.24, 2.45) is 5.92 Å². The molecular formula is C12H23NO3. The van der Waals surface area contributed by atoms with Crippen LogP contribution >= 0.6 is 0 Å². The molecule has 1 unspecified atom stereocenters. The van der Waals surface area contributed by atoms with Gasteiger partial charge >= 0.3 is 5.97 Å². The molecule has 4 heteroatoms. The minimum Gasteiger partial charge on any atom is -0.478 e. The summed E-state index contributed by atoms with van der Waals surface area (Å²) in [6.45, 7) is 6.93. The first-order chi connectivity index (χ1) is 7.47. The molecule has 0 spiro atoms. The summed E-state index contributed by atoms with van der Waals surface area (Å²) < 4.78 is 0. The molecule has 0 aliphatic heterocycles. The standard InChI is InChI=1S/C12H23NO3/c1-4-10(12(15)16)5-6-13-8-11(14)7-9(2)3/h5,9,11,13-14H,4,6-8H2,1-3H3,(H,15,16). The Labute approximate surface area is 97.4 Å². The fourth-order valence-corrected chi connectivity index (χ4v) is 1.46. The fourth-order valence-electron chi connectivity index (χ4n) is 1.46. The number of aliphatic hydroxyl groups excluding tert-OH is 1. The van der Waals surface area contributed by atoms with E-state index in [1.165, 1.54) is 0 Å². The number of carboxylic acids is 1. The molecule has 16 heavy (non-hydrogen) atoms. The molecule has 0 radical (unpaired) electrons. The van der Waals surface area contributed by atoms with Crippen molar-refractivity contribution in [1.82, 2.24) is 5.32 Å². The van der Waals surface area contributed by atoms with E-state index in [1.807, 2.05) is 6.92 Å². The molecule has 0 rings (SSSR count). The van der Waals surface area contributed by atoms with Crippen LogP contribution in [0, 0.1) is 5.92 Å². The second kappa shape index (κ2) is 8.30. The molecule has 0 aromatic heterocycles. The van der Waals surface area contributed by atoms with Crippen LogP contribution in [0.3, 0.4) is 0 Å². The number of aliphatic carboxylic acids is 1. The van der Waals surface area contributed by atoms with Crippen molar-refractivity contribution < 1.29 is 15.0 Å². The molecular weight excluding hydrogens is 206 g/mol. The minimum absolute atomic E-state index is 0.358. The zero-order chi connectivity index (χ0) is 12.6. The Kier molecular flexibility index (Phi) is 7.85. The lowest BCUT2D eigenvalue weighted by molar-refractivity contribution is -0.132. The number of hydrogen-bond acceptors (Lipinski definition) is 3. The summed E-state index contributed by atoms with van der Waals surface area (Å²) in [6.07, 6.45) is 2.58. The van der Waals surface area contributed by atoms with E-state index in [1.54, 1.807) is 6.08 Å². The Bertz CT molecular complexity index is 236. The number of carboxylic acid groups (broad SMARTS) is 1. The maximum Gasteiger partial charge on any atom is 0.331 e. The zero-order valence-corrected chi connectivity index (χ0v) is 10.4. The molecule has 0 aromatic carbocycles. The SMILES string of the molecule is CCC(=CCNCC(O)CC(C)C)C(=O)O. The second-order valence-corrected chi connectivity index (χ2v) is 4.33. The third-order valence-corrected chi connectivity index (χ3v) is 2.27. The van der Waals surface area contributed by atoms with Gasteiger partial charge in [0.05, 0.1) is 6.10 Å². The Morgan fingerprint density at radius 2 is 2.06 bits per heavy atom. The molecule has 0 saturated carbocycles. The summed E-state index contributed by atoms with van der Waals surface area (Å²) in [4.78, 5) is 10.7. The molecule has 1 atom stereocenters. The maximum atomic E-state index is 10.7. The number of hydrogen-bond donors (Lipinski definition) is 3. The Balaban J connectivity index is 3.77. The summed E-state index contributed by atoms with van der Waals surface area (Å²) in [7, 11) is 0. The lowest BCUT2D eigenvalue weighted by atomic mass is 10.1. The van der Waals surface area contributed by atoms with Crippen LogP contribution in [0.2, 0.25) is 0 Å². The molecule has 0 bridgehead atoms. The molecule has 0 saturated heterocycles. The minimum atomic E-state index is -0.868. The van der Waals surface area contributed by atoms with Crippen molar-refractivity contribution in [2.75, 3.05) is 13.1 Å². The molecule has 94 valence electrons. The van der Waals surface area contributed by atoms with E-state index < -0.39 is 5.97 Å². The van der Waals surface area contributed by atoms with Gasteiger partial charge in [0.1, 0.15) is 0 Å². The van der Waals surface area contributed by atoms with Crippen molar-refractivity contribution in [2.45, 2.75) is 39.7 Å². The number of aliphatic hydroxyl groups is 1. The maximum absolute atomic E-state index is 10.7. The van der Waals surface area contributed by atoms with Gasteiger partial charge in [-0.25, -0.2) is 4.79 Å². The number of rotatable bonds is 8. The van der Waals surface area contributed by atoms with Gasteiger partial charge in [0.15, 0.2) is 0 Å². The highest BCUT2D eigenvalue weighted by Gasteiger charge is 2.06. The largest absolute Gasteiger partial charge is 0.478 e. The summed E-state index contributed by atoms with van der Waals surface area (Å²) in [6, 6.07) is 0. The predicted octanol–water partition coefficient (Wildman–Crippen LogP) is 1.40. The van der Waals surface area contributed by atoms with Crippen LogP contribution in [0.5, 0.6) is 0 Å². The first-order valence-electron chi connectivity index (χ1n) is 5.78. The van der Waals surface area contributed by atoms with Crippen LogP contribution in [-0.4, -0.2) is 35.4 Å². The average Bonchev–Trinajstić information content (AvgIpc) is 2.16. The van der Waals surface area contributed by atoms with E-state index >= 15 is 0 Å². The molecule has 0 amide bonds. The fraction of sp³-hybridized carbons (Fsp3) is 0.750. The topological polar surface area (TPSA) is 69.6 Å². The zero-order valence-electron chi connectivity index (χ0n) is 10.4. The molecule has 3 N–H and O–H groups in total. The molecule has 0 aliphatic rings. The first-order valence-corrected chi connectivity index (χ1v) is 5.78. The van der Waals surface area contributed by atoms with Gasteiger partial charge in [0, 0.05) is 18.7 Å². The van der Waals surface area contributed by atoms with Crippen LogP contribution in [0.1, 0.15) is 33.6 Å². The number of nitrogens with one attached hydrogen (secondary N) is 1. The first kappa shape index (κ1) is 15.1. The highest BCUT2D eigenvalue weighted by atomic mass is 16.4. The van der Waals surface area contributed by atoms with Gasteiger partial charge in [0.2, 0.25) is 0 Å². The summed E-state index contributed by atoms with van der Waals surface area (Å²) in [5, 5.41) is 21.3. The van der Waals surface area contributed by atoms with E-state index in [-0.39, 0.29) is 6.10 Å². The smallest absolute Gasteiger partial charge is 0.331 e. The molecule has 4 nitrogen and oxygen atoms in total. The van der Waals surface area contributed by atoms with E-state index in [9.17, 15) is 9.90 Å². The summed E-state index contributed by atoms with van der Waals surface area (Å²) >= 11 is 0. The Hall–Kier alpha value is -0.870. The normalized spacial score (nSPS) is 14.2. The van der Waals surface area contributed by atoms with E-state index in [2.05, 4.69) is 19.2 Å². The van der Waals surface area contributed by atoms with E-state index in [0.717, 1.165) is 6.42 Å². The van der Waals surface area contributed by atoms with Gasteiger partial charge in [-0.05, 0) is 18.8 Å². The highest BCUT2D eigenvalue weighted by Crippen LogP contribution is 2.03. The predicted molar refractivity (Wildman–Crippen MR) is 64.3 cm³/mol. The van der Waals surface area contributed by atoms with Gasteiger partial charge < -0.3 is 15.5 Å². The summed E-state index contributed by atoms with van der Waals surface area (Å²) in [5.41, 5.74) is 0.408. The van der Waals surface area contributed by atoms with Crippen LogP contribution in [-0.2, 0) is 4.79 Å². The van der Waals surface area contributed by atoms with Crippen molar-refractivity contribution in [3.05, 3.63) is 11.6 Å². The van der Waals surface area contributed by atoms with Crippen LogP contribution in [0.4, 0.5) is 0 Å². The lowest BCUT2D eigenvalue weighted by Crippen LogP contribution is -2.28. The van der Waals surface area contributed by atoms with Crippen molar-refractivity contribution in [1.29, 1.82) is 0 Å². The van der Waals surface area contributed by atoms with Gasteiger partial charge in [-0.1, -0.05) is 26.8 Å². The molecule has 0 aliphatic carbocycles. The third-order valence-electron chi connectivity index (χ3n) is 2.27. The van der Waals surface area contributed by atoms with Crippen LogP contribution < -0.4 is 5.32 Å². The quantitative estimate of drug-likeness (QED) is 0.435.